The Bertz CT molecular complexity index is 1520. The van der Waals surface area contributed by atoms with Crippen molar-refractivity contribution in [3.8, 4) is 0 Å². The van der Waals surface area contributed by atoms with Crippen molar-refractivity contribution < 1.29 is 32.4 Å². The average molecular weight is 674 g/mol. The van der Waals surface area contributed by atoms with Gasteiger partial charge in [-0.2, -0.15) is 0 Å². The molecule has 0 aromatic heterocycles. The number of Topliss-reactive ketones (excluding diaryl/α,β-unsaturated/α-hetero) is 1. The standard InChI is InChI=1S/C34H51N5O7S/c1-19-10-14-21(15-11-19)47(45,46)18-35-29(42)26(40)23(16-20-12-13-20)36-28(41)25-24-22(34(24,8)9)17-39(25)30(43)27(32(2,3)4)37-31(44)38-33(5,6)7/h10-11,14-15,20,22-25,27H,12-13,16-18H2,1-9H3,(H,35,42)(H,36,41)(H2,37,38,44)/t22-,23?,24-,25-,27+/m0/s1. The number of nitrogens with zero attached hydrogens (tertiary/aromatic N) is 1. The summed E-state index contributed by atoms with van der Waals surface area (Å²) in [4.78, 5) is 68.9. The molecule has 1 aliphatic heterocycles. The number of piperidine rings is 1. The van der Waals surface area contributed by atoms with E-state index in [2.05, 4.69) is 21.3 Å². The van der Waals surface area contributed by atoms with E-state index in [0.29, 0.717) is 6.54 Å². The van der Waals surface area contributed by atoms with Crippen molar-refractivity contribution in [1.29, 1.82) is 0 Å². The summed E-state index contributed by atoms with van der Waals surface area (Å²) in [6.45, 7) is 17.2. The number of urea groups is 1. The van der Waals surface area contributed by atoms with Crippen molar-refractivity contribution >= 4 is 39.4 Å². The molecule has 0 radical (unpaired) electrons. The summed E-state index contributed by atoms with van der Waals surface area (Å²) in [6.07, 6.45) is 1.94. The summed E-state index contributed by atoms with van der Waals surface area (Å²) >= 11 is 0. The Balaban J connectivity index is 1.50. The molecule has 1 unspecified atom stereocenters. The Morgan fingerprint density at radius 3 is 2.09 bits per heavy atom. The second-order valence-corrected chi connectivity index (χ2v) is 18.2. The lowest BCUT2D eigenvalue weighted by Gasteiger charge is -2.38. The number of benzene rings is 1. The van der Waals surface area contributed by atoms with E-state index in [0.717, 1.165) is 18.4 Å². The van der Waals surface area contributed by atoms with Crippen LogP contribution < -0.4 is 21.3 Å². The number of hydrogen-bond acceptors (Lipinski definition) is 7. The highest BCUT2D eigenvalue weighted by Crippen LogP contribution is 2.65. The first-order chi connectivity index (χ1) is 21.5. The summed E-state index contributed by atoms with van der Waals surface area (Å²) in [7, 11) is -3.90. The third-order valence-corrected chi connectivity index (χ3v) is 11.1. The third kappa shape index (κ3) is 8.52. The molecule has 4 N–H and O–H groups in total. The molecule has 5 amide bonds. The number of fused-ring (bicyclic) bond motifs is 1. The lowest BCUT2D eigenvalue weighted by molar-refractivity contribution is -0.145. The van der Waals surface area contributed by atoms with Crippen molar-refractivity contribution in [2.24, 2.45) is 28.6 Å². The number of hydrogen-bond donors (Lipinski definition) is 4. The highest BCUT2D eigenvalue weighted by molar-refractivity contribution is 7.91. The smallest absolute Gasteiger partial charge is 0.315 e. The van der Waals surface area contributed by atoms with Crippen LogP contribution in [0, 0.1) is 35.5 Å². The fourth-order valence-electron chi connectivity index (χ4n) is 6.55. The first kappa shape index (κ1) is 36.4. The van der Waals surface area contributed by atoms with Crippen LogP contribution in [0.2, 0.25) is 0 Å². The lowest BCUT2D eigenvalue weighted by atomic mass is 9.85. The van der Waals surface area contributed by atoms with E-state index < -0.39 is 74.3 Å². The van der Waals surface area contributed by atoms with Gasteiger partial charge in [-0.05, 0) is 74.8 Å². The van der Waals surface area contributed by atoms with Crippen molar-refractivity contribution in [3.63, 3.8) is 0 Å². The zero-order chi connectivity index (χ0) is 35.3. The van der Waals surface area contributed by atoms with Crippen molar-refractivity contribution in [2.75, 3.05) is 12.4 Å². The number of amides is 5. The highest BCUT2D eigenvalue weighted by atomic mass is 32.2. The number of nitrogens with one attached hydrogen (secondary N) is 4. The molecular formula is C34H51N5O7S. The summed E-state index contributed by atoms with van der Waals surface area (Å²) in [6, 6.07) is 2.64. The van der Waals surface area contributed by atoms with Gasteiger partial charge in [0.15, 0.2) is 9.84 Å². The van der Waals surface area contributed by atoms with Crippen LogP contribution in [0.1, 0.15) is 80.2 Å². The SMILES string of the molecule is Cc1ccc(S(=O)(=O)CNC(=O)C(=O)C(CC2CC2)NC(=O)[C@@H]2[C@@H]3[C@H](CN2C(=O)[C@@H](NC(=O)NC(C)(C)C)C(C)(C)C)C3(C)C)cc1. The van der Waals surface area contributed by atoms with E-state index in [1.807, 2.05) is 62.3 Å². The molecule has 1 heterocycles. The zero-order valence-electron chi connectivity index (χ0n) is 29.0. The molecule has 1 aromatic carbocycles. The molecule has 1 saturated heterocycles. The second-order valence-electron chi connectivity index (χ2n) is 16.2. The van der Waals surface area contributed by atoms with Gasteiger partial charge in [-0.25, -0.2) is 13.2 Å². The lowest BCUT2D eigenvalue weighted by Crippen LogP contribution is -2.62. The van der Waals surface area contributed by atoms with Gasteiger partial charge in [0.25, 0.3) is 5.91 Å². The molecule has 0 spiro atoms. The normalized spacial score (nSPS) is 23.2. The van der Waals surface area contributed by atoms with Crippen molar-refractivity contribution in [1.82, 2.24) is 26.2 Å². The van der Waals surface area contributed by atoms with Crippen LogP contribution >= 0.6 is 0 Å². The fraction of sp³-hybridized carbons (Fsp3) is 0.676. The van der Waals surface area contributed by atoms with Gasteiger partial charge in [0.05, 0.1) is 10.9 Å². The third-order valence-electron chi connectivity index (χ3n) is 9.56. The summed E-state index contributed by atoms with van der Waals surface area (Å²) in [5, 5.41) is 10.7. The molecule has 260 valence electrons. The van der Waals surface area contributed by atoms with Gasteiger partial charge in [0.2, 0.25) is 17.6 Å². The largest absolute Gasteiger partial charge is 0.344 e. The van der Waals surface area contributed by atoms with Crippen molar-refractivity contribution in [3.05, 3.63) is 29.8 Å². The maximum absolute atomic E-state index is 14.1. The van der Waals surface area contributed by atoms with E-state index in [4.69, 9.17) is 0 Å². The van der Waals surface area contributed by atoms with Crippen LogP contribution in [0.15, 0.2) is 29.2 Å². The zero-order valence-corrected chi connectivity index (χ0v) is 29.8. The Labute approximate surface area is 278 Å². The summed E-state index contributed by atoms with van der Waals surface area (Å²) < 4.78 is 25.6. The van der Waals surface area contributed by atoms with Gasteiger partial charge >= 0.3 is 6.03 Å². The fourth-order valence-corrected chi connectivity index (χ4v) is 7.58. The Kier molecular flexibility index (Phi) is 9.94. The summed E-state index contributed by atoms with van der Waals surface area (Å²) in [5.41, 5.74) is -0.555. The number of aryl methyl sites for hydroxylation is 1. The minimum Gasteiger partial charge on any atom is -0.344 e. The number of carbonyl (C=O) groups excluding carboxylic acids is 5. The van der Waals surface area contributed by atoms with E-state index in [9.17, 15) is 32.4 Å². The van der Waals surface area contributed by atoms with E-state index >= 15 is 0 Å². The maximum Gasteiger partial charge on any atom is 0.315 e. The predicted octanol–water partition coefficient (Wildman–Crippen LogP) is 2.69. The first-order valence-electron chi connectivity index (χ1n) is 16.3. The Morgan fingerprint density at radius 1 is 0.957 bits per heavy atom. The number of rotatable bonds is 11. The van der Waals surface area contributed by atoms with E-state index in [-0.39, 0.29) is 34.5 Å². The molecule has 0 bridgehead atoms. The molecule has 12 nitrogen and oxygen atoms in total. The molecule has 13 heteroatoms. The van der Waals surface area contributed by atoms with Gasteiger partial charge in [-0.1, -0.05) is 65.2 Å². The minimum absolute atomic E-state index is 0.0187. The summed E-state index contributed by atoms with van der Waals surface area (Å²) in [5.74, 6) is -3.69. The molecule has 4 rings (SSSR count). The molecule has 3 aliphatic rings. The molecule has 3 fully saturated rings. The average Bonchev–Trinajstić information content (AvgIpc) is 3.79. The topological polar surface area (TPSA) is 171 Å². The first-order valence-corrected chi connectivity index (χ1v) is 18.0. The monoisotopic (exact) mass is 673 g/mol. The van der Waals surface area contributed by atoms with Gasteiger partial charge < -0.3 is 26.2 Å². The molecule has 1 aromatic rings. The molecule has 47 heavy (non-hydrogen) atoms. The molecule has 5 atom stereocenters. The van der Waals surface area contributed by atoms with Crippen LogP contribution in [0.5, 0.6) is 0 Å². The molecule has 2 saturated carbocycles. The van der Waals surface area contributed by atoms with Crippen LogP contribution in [0.4, 0.5) is 4.79 Å². The maximum atomic E-state index is 14.1. The van der Waals surface area contributed by atoms with Crippen LogP contribution in [0.3, 0.4) is 0 Å². The van der Waals surface area contributed by atoms with E-state index in [1.165, 1.54) is 17.0 Å². The van der Waals surface area contributed by atoms with Gasteiger partial charge in [0.1, 0.15) is 18.0 Å². The number of sulfone groups is 1. The van der Waals surface area contributed by atoms with Gasteiger partial charge in [-0.15, -0.1) is 0 Å². The Morgan fingerprint density at radius 2 is 1.55 bits per heavy atom. The molecular weight excluding hydrogens is 622 g/mol. The van der Waals surface area contributed by atoms with E-state index in [1.54, 1.807) is 12.1 Å². The Hall–Kier alpha value is -3.48. The van der Waals surface area contributed by atoms with Gasteiger partial charge in [-0.3, -0.25) is 19.2 Å². The second kappa shape index (κ2) is 12.9. The van der Waals surface area contributed by atoms with Crippen LogP contribution in [0.25, 0.3) is 0 Å². The quantitative estimate of drug-likeness (QED) is 0.262. The number of ketones is 1. The van der Waals surface area contributed by atoms with Crippen LogP contribution in [-0.4, -0.2) is 78.9 Å². The molecule has 2 aliphatic carbocycles. The number of likely N-dealkylation sites (tertiary alicyclic amines) is 1. The highest BCUT2D eigenvalue weighted by Gasteiger charge is 2.70. The predicted molar refractivity (Wildman–Crippen MR) is 177 cm³/mol. The minimum atomic E-state index is -3.90. The van der Waals surface area contributed by atoms with Crippen LogP contribution in [-0.2, 0) is 29.0 Å². The van der Waals surface area contributed by atoms with Gasteiger partial charge in [0, 0.05) is 12.1 Å². The number of carbonyl (C=O) groups is 5. The van der Waals surface area contributed by atoms with Crippen molar-refractivity contribution in [2.45, 2.75) is 110 Å².